The van der Waals surface area contributed by atoms with Crippen LogP contribution in [0.2, 0.25) is 0 Å². The largest absolute Gasteiger partial charge is 0.463 e. The highest BCUT2D eigenvalue weighted by Crippen LogP contribution is 2.35. The smallest absolute Gasteiger partial charge is 0.346 e. The van der Waals surface area contributed by atoms with E-state index < -0.39 is 42.0 Å². The number of aromatic amines is 1. The lowest BCUT2D eigenvalue weighted by atomic mass is 10.1. The van der Waals surface area contributed by atoms with Crippen molar-refractivity contribution in [3.05, 3.63) is 82.9 Å². The second kappa shape index (κ2) is 11.0. The second-order valence-corrected chi connectivity index (χ2v) is 8.18. The number of ether oxygens (including phenoxy) is 3. The van der Waals surface area contributed by atoms with E-state index >= 15 is 0 Å². The molecule has 2 heterocycles. The predicted octanol–water partition coefficient (Wildman–Crippen LogP) is 2.69. The number of carbonyl (C=O) groups is 3. The molecule has 0 saturated carbocycles. The van der Waals surface area contributed by atoms with Crippen LogP contribution in [0, 0.1) is 0 Å². The molecule has 1 aromatic heterocycles. The number of esters is 2. The fourth-order valence-electron chi connectivity index (χ4n) is 4.03. The molecular formula is C26H25N3O7. The molecule has 0 unspecified atom stereocenters. The topological polar surface area (TPSA) is 128 Å². The summed E-state index contributed by atoms with van der Waals surface area (Å²) in [6.45, 7) is 2.43. The van der Waals surface area contributed by atoms with Crippen molar-refractivity contribution in [2.75, 3.05) is 11.5 Å². The number of aromatic nitrogens is 2. The summed E-state index contributed by atoms with van der Waals surface area (Å²) < 4.78 is 16.7. The van der Waals surface area contributed by atoms with Crippen LogP contribution in [0.1, 0.15) is 30.6 Å². The highest BCUT2D eigenvalue weighted by atomic mass is 16.6. The third-order valence-corrected chi connectivity index (χ3v) is 5.53. The molecule has 3 aromatic rings. The molecule has 4 rings (SSSR count). The minimum Gasteiger partial charge on any atom is -0.463 e. The highest BCUT2D eigenvalue weighted by molar-refractivity contribution is 6.07. The van der Waals surface area contributed by atoms with Crippen LogP contribution in [0.4, 0.5) is 5.82 Å². The van der Waals surface area contributed by atoms with Gasteiger partial charge >= 0.3 is 17.6 Å². The van der Waals surface area contributed by atoms with Gasteiger partial charge in [0.15, 0.2) is 12.0 Å². The van der Waals surface area contributed by atoms with Crippen LogP contribution >= 0.6 is 0 Å². The van der Waals surface area contributed by atoms with Crippen LogP contribution in [0.25, 0.3) is 11.1 Å². The van der Waals surface area contributed by atoms with Gasteiger partial charge in [-0.05, 0) is 17.7 Å². The van der Waals surface area contributed by atoms with Crippen molar-refractivity contribution >= 4 is 23.7 Å². The minimum absolute atomic E-state index is 0.0362. The lowest BCUT2D eigenvalue weighted by molar-refractivity contribution is -0.149. The summed E-state index contributed by atoms with van der Waals surface area (Å²) in [7, 11) is 0. The van der Waals surface area contributed by atoms with Crippen molar-refractivity contribution in [1.82, 2.24) is 9.97 Å². The monoisotopic (exact) mass is 491 g/mol. The van der Waals surface area contributed by atoms with E-state index in [1.807, 2.05) is 30.3 Å². The summed E-state index contributed by atoms with van der Waals surface area (Å²) in [5, 5.41) is 0. The van der Waals surface area contributed by atoms with Crippen LogP contribution in [-0.2, 0) is 23.8 Å². The van der Waals surface area contributed by atoms with Gasteiger partial charge in [-0.25, -0.2) is 4.79 Å². The predicted molar refractivity (Wildman–Crippen MR) is 129 cm³/mol. The third kappa shape index (κ3) is 5.66. The molecule has 1 saturated heterocycles. The summed E-state index contributed by atoms with van der Waals surface area (Å²) in [5.41, 5.74) is 0.801. The molecule has 0 radical (unpaired) electrons. The summed E-state index contributed by atoms with van der Waals surface area (Å²) in [4.78, 5) is 57.5. The van der Waals surface area contributed by atoms with E-state index in [-0.39, 0.29) is 18.8 Å². The number of rotatable bonds is 7. The molecule has 1 N–H and O–H groups in total. The third-order valence-electron chi connectivity index (χ3n) is 5.53. The Kier molecular flexibility index (Phi) is 7.55. The molecule has 0 aliphatic carbocycles. The Morgan fingerprint density at radius 3 is 2.33 bits per heavy atom. The maximum Gasteiger partial charge on any atom is 0.346 e. The van der Waals surface area contributed by atoms with E-state index in [0.717, 1.165) is 0 Å². The minimum atomic E-state index is -1.14. The number of hydrogen-bond acceptors (Lipinski definition) is 8. The molecular weight excluding hydrogens is 466 g/mol. The molecule has 1 aliphatic rings. The quantitative estimate of drug-likeness (QED) is 0.500. The number of benzene rings is 2. The Morgan fingerprint density at radius 1 is 1.03 bits per heavy atom. The maximum atomic E-state index is 13.9. The van der Waals surface area contributed by atoms with Gasteiger partial charge in [0.25, 0.3) is 5.91 Å². The Labute approximate surface area is 206 Å². The van der Waals surface area contributed by atoms with Crippen molar-refractivity contribution in [3.8, 4) is 11.1 Å². The van der Waals surface area contributed by atoms with Gasteiger partial charge in [0.2, 0.25) is 0 Å². The van der Waals surface area contributed by atoms with Gasteiger partial charge in [-0.3, -0.25) is 19.3 Å². The summed E-state index contributed by atoms with van der Waals surface area (Å²) in [6, 6.07) is 17.5. The first kappa shape index (κ1) is 24.8. The average molecular weight is 492 g/mol. The zero-order valence-electron chi connectivity index (χ0n) is 19.7. The van der Waals surface area contributed by atoms with E-state index in [0.29, 0.717) is 16.7 Å². The van der Waals surface area contributed by atoms with Crippen molar-refractivity contribution < 1.29 is 28.6 Å². The number of anilines is 1. The van der Waals surface area contributed by atoms with E-state index in [4.69, 9.17) is 14.2 Å². The molecule has 36 heavy (non-hydrogen) atoms. The average Bonchev–Trinajstić information content (AvgIpc) is 3.25. The lowest BCUT2D eigenvalue weighted by Gasteiger charge is -2.32. The molecule has 3 atom stereocenters. The van der Waals surface area contributed by atoms with Gasteiger partial charge in [-0.1, -0.05) is 48.5 Å². The molecule has 2 aromatic carbocycles. The van der Waals surface area contributed by atoms with Gasteiger partial charge in [0, 0.05) is 37.6 Å². The summed E-state index contributed by atoms with van der Waals surface area (Å²) in [5.74, 6) is -1.54. The van der Waals surface area contributed by atoms with Gasteiger partial charge in [0.1, 0.15) is 12.7 Å². The second-order valence-electron chi connectivity index (χ2n) is 8.18. The van der Waals surface area contributed by atoms with E-state index in [1.165, 1.54) is 24.9 Å². The van der Waals surface area contributed by atoms with Crippen LogP contribution in [0.15, 0.2) is 71.7 Å². The van der Waals surface area contributed by atoms with Crippen LogP contribution in [0.5, 0.6) is 0 Å². The molecule has 1 aliphatic heterocycles. The van der Waals surface area contributed by atoms with Crippen LogP contribution in [-0.4, -0.2) is 52.9 Å². The molecule has 0 spiro atoms. The van der Waals surface area contributed by atoms with Crippen LogP contribution in [0.3, 0.4) is 0 Å². The van der Waals surface area contributed by atoms with E-state index in [2.05, 4.69) is 9.97 Å². The Balaban J connectivity index is 1.85. The van der Waals surface area contributed by atoms with Gasteiger partial charge in [-0.2, -0.15) is 4.98 Å². The van der Waals surface area contributed by atoms with Crippen molar-refractivity contribution in [1.29, 1.82) is 0 Å². The number of H-pyrrole nitrogens is 1. The normalized spacial score (nSPS) is 18.9. The maximum absolute atomic E-state index is 13.9. The van der Waals surface area contributed by atoms with Gasteiger partial charge in [0.05, 0.1) is 6.10 Å². The Morgan fingerprint density at radius 2 is 1.69 bits per heavy atom. The zero-order valence-corrected chi connectivity index (χ0v) is 19.7. The molecule has 1 amide bonds. The zero-order chi connectivity index (χ0) is 25.7. The van der Waals surface area contributed by atoms with Gasteiger partial charge < -0.3 is 19.2 Å². The van der Waals surface area contributed by atoms with Crippen molar-refractivity contribution in [2.45, 2.75) is 38.7 Å². The molecule has 0 bridgehead atoms. The summed E-state index contributed by atoms with van der Waals surface area (Å²) >= 11 is 0. The number of amides is 1. The Hall–Kier alpha value is -4.31. The van der Waals surface area contributed by atoms with Gasteiger partial charge in [-0.15, -0.1) is 0 Å². The Bertz CT molecular complexity index is 1290. The van der Waals surface area contributed by atoms with E-state index in [9.17, 15) is 19.2 Å². The van der Waals surface area contributed by atoms with Crippen LogP contribution < -0.4 is 10.6 Å². The highest BCUT2D eigenvalue weighted by Gasteiger charge is 2.45. The first-order valence-electron chi connectivity index (χ1n) is 11.3. The molecule has 10 heteroatoms. The van der Waals surface area contributed by atoms with E-state index in [1.54, 1.807) is 30.3 Å². The SMILES string of the molecule is CC(=O)OC[C@@H]1C[C@@H](OC(C)=O)[C@H](N(C(=O)c2ccccc2)c2nc(=O)[nH]cc2-c2ccccc2)O1. The van der Waals surface area contributed by atoms with Crippen molar-refractivity contribution in [2.24, 2.45) is 0 Å². The first-order chi connectivity index (χ1) is 17.3. The molecule has 1 fully saturated rings. The first-order valence-corrected chi connectivity index (χ1v) is 11.3. The standard InChI is InChI=1S/C26H25N3O7/c1-16(30)34-15-20-13-22(35-17(2)31)25(36-20)29(24(32)19-11-7-4-8-12-19)23-21(14-27-26(33)28-23)18-9-5-3-6-10-18/h3-12,14,20,22,25H,13,15H2,1-2H3,(H,27,28,33)/t20-,22+,25+/m0/s1. The molecule has 186 valence electrons. The lowest BCUT2D eigenvalue weighted by Crippen LogP contribution is -2.48. The summed E-state index contributed by atoms with van der Waals surface area (Å²) in [6.07, 6.45) is -1.06. The van der Waals surface area contributed by atoms with Crippen molar-refractivity contribution in [3.63, 3.8) is 0 Å². The fourth-order valence-corrected chi connectivity index (χ4v) is 4.03. The fraction of sp³-hybridized carbons (Fsp3) is 0.269. The number of nitrogens with zero attached hydrogens (tertiary/aromatic N) is 2. The molecule has 10 nitrogen and oxygen atoms in total. The number of hydrogen-bond donors (Lipinski definition) is 1. The number of nitrogens with one attached hydrogen (secondary N) is 1. The number of carbonyl (C=O) groups excluding carboxylic acids is 3.